The summed E-state index contributed by atoms with van der Waals surface area (Å²) in [6.45, 7) is 1.74. The number of nitrogens with zero attached hydrogens (tertiary/aromatic N) is 4. The number of alkyl halides is 3. The maximum Gasteiger partial charge on any atom is 0.418 e. The van der Waals surface area contributed by atoms with Gasteiger partial charge in [0.1, 0.15) is 5.69 Å². The summed E-state index contributed by atoms with van der Waals surface area (Å²) in [4.78, 5) is 24.8. The van der Waals surface area contributed by atoms with Gasteiger partial charge in [-0.25, -0.2) is 9.78 Å². The lowest BCUT2D eigenvalue weighted by molar-refractivity contribution is -0.136. The van der Waals surface area contributed by atoms with Crippen LogP contribution in [0.15, 0.2) is 30.5 Å². The zero-order valence-electron chi connectivity index (χ0n) is 15.5. The Kier molecular flexibility index (Phi) is 5.57. The van der Waals surface area contributed by atoms with Crippen molar-refractivity contribution in [2.75, 3.05) is 47.6 Å². The Morgan fingerprint density at radius 1 is 1.11 bits per heavy atom. The first kappa shape index (κ1) is 19.7. The second-order valence-electron chi connectivity index (χ2n) is 6.62. The average molecular weight is 394 g/mol. The molecule has 0 radical (unpaired) electrons. The molecule has 150 valence electrons. The van der Waals surface area contributed by atoms with Crippen molar-refractivity contribution >= 4 is 29.2 Å². The Balaban J connectivity index is 1.79. The van der Waals surface area contributed by atoms with Crippen molar-refractivity contribution in [2.24, 2.45) is 0 Å². The van der Waals surface area contributed by atoms with E-state index in [0.717, 1.165) is 32.0 Å². The van der Waals surface area contributed by atoms with Gasteiger partial charge in [-0.05, 0) is 25.0 Å². The number of amides is 2. The monoisotopic (exact) mass is 394 g/mol. The third-order valence-corrected chi connectivity index (χ3v) is 4.30. The molecule has 1 aliphatic rings. The smallest absolute Gasteiger partial charge is 0.361 e. The zero-order chi connectivity index (χ0) is 20.3. The van der Waals surface area contributed by atoms with Crippen LogP contribution in [0.25, 0.3) is 0 Å². The van der Waals surface area contributed by atoms with Gasteiger partial charge in [-0.15, -0.1) is 0 Å². The summed E-state index contributed by atoms with van der Waals surface area (Å²) in [7, 11) is 3.52. The molecule has 0 atom stereocenters. The first-order valence-corrected chi connectivity index (χ1v) is 8.79. The Morgan fingerprint density at radius 2 is 1.75 bits per heavy atom. The Labute approximate surface area is 160 Å². The van der Waals surface area contributed by atoms with Crippen molar-refractivity contribution in [2.45, 2.75) is 19.0 Å². The molecule has 0 aliphatic carbocycles. The Bertz CT molecular complexity index is 849. The molecule has 1 saturated heterocycles. The molecule has 2 heterocycles. The normalized spacial score (nSPS) is 14.1. The highest BCUT2D eigenvalue weighted by molar-refractivity contribution is 6.01. The minimum Gasteiger partial charge on any atom is -0.361 e. The van der Waals surface area contributed by atoms with Gasteiger partial charge >= 0.3 is 12.2 Å². The third kappa shape index (κ3) is 4.44. The predicted octanol–water partition coefficient (Wildman–Crippen LogP) is 3.81. The number of benzene rings is 1. The number of rotatable bonds is 4. The number of para-hydroxylation sites is 1. The lowest BCUT2D eigenvalue weighted by Crippen LogP contribution is -2.26. The van der Waals surface area contributed by atoms with Crippen LogP contribution in [0.3, 0.4) is 0 Å². The van der Waals surface area contributed by atoms with Crippen LogP contribution >= 0.6 is 0 Å². The highest BCUT2D eigenvalue weighted by atomic mass is 19.4. The summed E-state index contributed by atoms with van der Waals surface area (Å²) in [5.74, 6) is 1.03. The molecule has 7 nitrogen and oxygen atoms in total. The van der Waals surface area contributed by atoms with Gasteiger partial charge in [0.15, 0.2) is 5.82 Å². The predicted molar refractivity (Wildman–Crippen MR) is 102 cm³/mol. The van der Waals surface area contributed by atoms with Crippen LogP contribution in [0.5, 0.6) is 0 Å². The lowest BCUT2D eigenvalue weighted by Gasteiger charge is -2.21. The van der Waals surface area contributed by atoms with Gasteiger partial charge in [0, 0.05) is 27.2 Å². The van der Waals surface area contributed by atoms with E-state index in [1.165, 1.54) is 24.4 Å². The molecule has 2 aromatic rings. The second kappa shape index (κ2) is 7.91. The molecule has 1 aromatic heterocycles. The van der Waals surface area contributed by atoms with E-state index in [4.69, 9.17) is 0 Å². The number of urea groups is 1. The lowest BCUT2D eigenvalue weighted by atomic mass is 10.1. The molecule has 28 heavy (non-hydrogen) atoms. The zero-order valence-corrected chi connectivity index (χ0v) is 15.5. The standard InChI is InChI=1S/C18H21F3N6O/c1-26(2)15-14(11-22-16(25-15)27-9-5-6-10-27)24-17(28)23-13-8-4-3-7-12(13)18(19,20)21/h3-4,7-8,11H,5-6,9-10H2,1-2H3,(H2,23,24,28). The molecule has 3 rings (SSSR count). The molecular weight excluding hydrogens is 373 g/mol. The van der Waals surface area contributed by atoms with E-state index in [9.17, 15) is 18.0 Å². The molecule has 1 aliphatic heterocycles. The topological polar surface area (TPSA) is 73.4 Å². The number of hydrogen-bond acceptors (Lipinski definition) is 5. The molecule has 0 bridgehead atoms. The van der Waals surface area contributed by atoms with Gasteiger partial charge in [-0.1, -0.05) is 12.1 Å². The number of carbonyl (C=O) groups excluding carboxylic acids is 1. The summed E-state index contributed by atoms with van der Waals surface area (Å²) >= 11 is 0. The van der Waals surface area contributed by atoms with Crippen molar-refractivity contribution in [3.63, 3.8) is 0 Å². The number of halogens is 3. The van der Waals surface area contributed by atoms with Gasteiger partial charge in [-0.3, -0.25) is 0 Å². The van der Waals surface area contributed by atoms with Crippen molar-refractivity contribution in [1.82, 2.24) is 9.97 Å². The fourth-order valence-corrected chi connectivity index (χ4v) is 2.98. The minimum absolute atomic E-state index is 0.301. The fourth-order valence-electron chi connectivity index (χ4n) is 2.98. The summed E-state index contributed by atoms with van der Waals surface area (Å²) in [6.07, 6.45) is -0.965. The van der Waals surface area contributed by atoms with E-state index in [-0.39, 0.29) is 5.69 Å². The molecule has 0 spiro atoms. The summed E-state index contributed by atoms with van der Waals surface area (Å²) in [5, 5.41) is 4.78. The van der Waals surface area contributed by atoms with E-state index < -0.39 is 17.8 Å². The molecule has 0 saturated carbocycles. The van der Waals surface area contributed by atoms with E-state index in [1.54, 1.807) is 19.0 Å². The third-order valence-electron chi connectivity index (χ3n) is 4.30. The van der Waals surface area contributed by atoms with E-state index in [2.05, 4.69) is 25.5 Å². The van der Waals surface area contributed by atoms with Crippen molar-refractivity contribution in [1.29, 1.82) is 0 Å². The van der Waals surface area contributed by atoms with Crippen molar-refractivity contribution in [3.8, 4) is 0 Å². The number of anilines is 4. The highest BCUT2D eigenvalue weighted by Crippen LogP contribution is 2.34. The molecule has 0 unspecified atom stereocenters. The average Bonchev–Trinajstić information content (AvgIpc) is 3.16. The quantitative estimate of drug-likeness (QED) is 0.825. The van der Waals surface area contributed by atoms with Crippen LogP contribution in [0.2, 0.25) is 0 Å². The van der Waals surface area contributed by atoms with Gasteiger partial charge in [0.25, 0.3) is 0 Å². The molecule has 2 amide bonds. The molecule has 10 heteroatoms. The highest BCUT2D eigenvalue weighted by Gasteiger charge is 2.33. The minimum atomic E-state index is -4.57. The Morgan fingerprint density at radius 3 is 2.39 bits per heavy atom. The van der Waals surface area contributed by atoms with E-state index in [1.807, 2.05) is 0 Å². The summed E-state index contributed by atoms with van der Waals surface area (Å²) < 4.78 is 39.3. The van der Waals surface area contributed by atoms with Crippen LogP contribution in [-0.2, 0) is 6.18 Å². The van der Waals surface area contributed by atoms with Crippen LogP contribution in [0, 0.1) is 0 Å². The summed E-state index contributed by atoms with van der Waals surface area (Å²) in [6, 6.07) is 3.99. The largest absolute Gasteiger partial charge is 0.418 e. The molecule has 2 N–H and O–H groups in total. The fraction of sp³-hybridized carbons (Fsp3) is 0.389. The second-order valence-corrected chi connectivity index (χ2v) is 6.62. The van der Waals surface area contributed by atoms with Crippen molar-refractivity contribution < 1.29 is 18.0 Å². The number of nitrogens with one attached hydrogen (secondary N) is 2. The van der Waals surface area contributed by atoms with Gasteiger partial charge in [-0.2, -0.15) is 18.2 Å². The van der Waals surface area contributed by atoms with E-state index in [0.29, 0.717) is 17.5 Å². The maximum atomic E-state index is 13.1. The van der Waals surface area contributed by atoms with Crippen LogP contribution in [-0.4, -0.2) is 43.2 Å². The maximum absolute atomic E-state index is 13.1. The molecular formula is C18H21F3N6O. The SMILES string of the molecule is CN(C)c1nc(N2CCCC2)ncc1NC(=O)Nc1ccccc1C(F)(F)F. The van der Waals surface area contributed by atoms with Crippen LogP contribution < -0.4 is 20.4 Å². The summed E-state index contributed by atoms with van der Waals surface area (Å²) in [5.41, 5.74) is -0.943. The molecule has 1 aromatic carbocycles. The first-order chi connectivity index (χ1) is 13.3. The van der Waals surface area contributed by atoms with Crippen LogP contribution in [0.1, 0.15) is 18.4 Å². The van der Waals surface area contributed by atoms with Crippen LogP contribution in [0.4, 0.5) is 41.1 Å². The van der Waals surface area contributed by atoms with Gasteiger partial charge < -0.3 is 20.4 Å². The van der Waals surface area contributed by atoms with Gasteiger partial charge in [0.05, 0.1) is 17.4 Å². The number of hydrogen-bond donors (Lipinski definition) is 2. The van der Waals surface area contributed by atoms with E-state index >= 15 is 0 Å². The number of carbonyl (C=O) groups is 1. The first-order valence-electron chi connectivity index (χ1n) is 8.79. The number of aromatic nitrogens is 2. The van der Waals surface area contributed by atoms with Gasteiger partial charge in [0.2, 0.25) is 5.95 Å². The molecule has 1 fully saturated rings. The Hall–Kier alpha value is -3.04. The van der Waals surface area contributed by atoms with Crippen molar-refractivity contribution in [3.05, 3.63) is 36.0 Å².